The zero-order chi connectivity index (χ0) is 14.0. The second-order valence-electron chi connectivity index (χ2n) is 3.62. The van der Waals surface area contributed by atoms with Gasteiger partial charge in [-0.15, -0.1) is 0 Å². The number of halogens is 3. The van der Waals surface area contributed by atoms with Crippen LogP contribution in [0.4, 0.5) is 13.2 Å². The van der Waals surface area contributed by atoms with Gasteiger partial charge in [-0.2, -0.15) is 18.2 Å². The predicted molar refractivity (Wildman–Crippen MR) is 56.2 cm³/mol. The molecular weight excluding hydrogens is 265 g/mol. The molecule has 0 aliphatic carbocycles. The lowest BCUT2D eigenvalue weighted by Gasteiger charge is -2.03. The van der Waals surface area contributed by atoms with Gasteiger partial charge >= 0.3 is 12.1 Å². The number of hydrogen-bond donors (Lipinski definition) is 0. The molecule has 2 rings (SSSR count). The summed E-state index contributed by atoms with van der Waals surface area (Å²) in [7, 11) is 0. The third kappa shape index (κ3) is 2.72. The van der Waals surface area contributed by atoms with E-state index in [-0.39, 0.29) is 23.6 Å². The Balaban J connectivity index is 2.39. The molecule has 0 unspecified atom stereocenters. The summed E-state index contributed by atoms with van der Waals surface area (Å²) in [4.78, 5) is 13.5. The highest BCUT2D eigenvalue weighted by Crippen LogP contribution is 2.30. The zero-order valence-electron chi connectivity index (χ0n) is 9.56. The van der Waals surface area contributed by atoms with Crippen LogP contribution in [0.15, 0.2) is 22.7 Å². The van der Waals surface area contributed by atoms with E-state index in [1.54, 1.807) is 13.0 Å². The Morgan fingerprint density at radius 1 is 1.37 bits per heavy atom. The Hall–Kier alpha value is -2.38. The fourth-order valence-corrected chi connectivity index (χ4v) is 1.37. The molecule has 5 nitrogen and oxygen atoms in total. The van der Waals surface area contributed by atoms with E-state index in [1.165, 1.54) is 12.1 Å². The summed E-state index contributed by atoms with van der Waals surface area (Å²) < 4.78 is 45.7. The lowest BCUT2D eigenvalue weighted by atomic mass is 10.1. The van der Waals surface area contributed by atoms with E-state index in [0.717, 1.165) is 0 Å². The normalized spacial score (nSPS) is 11.4. The number of carbonyl (C=O) groups is 1. The molecule has 0 saturated carbocycles. The van der Waals surface area contributed by atoms with Gasteiger partial charge in [0, 0.05) is 5.56 Å². The van der Waals surface area contributed by atoms with E-state index in [1.807, 2.05) is 0 Å². The van der Waals surface area contributed by atoms with E-state index >= 15 is 0 Å². The lowest BCUT2D eigenvalue weighted by molar-refractivity contribution is -0.159. The molecule has 0 bridgehead atoms. The van der Waals surface area contributed by atoms with Crippen molar-refractivity contribution in [3.05, 3.63) is 29.7 Å². The number of hydrogen-bond acceptors (Lipinski definition) is 5. The molecule has 0 amide bonds. The third-order valence-electron chi connectivity index (χ3n) is 2.29. The van der Waals surface area contributed by atoms with E-state index in [4.69, 9.17) is 0 Å². The summed E-state index contributed by atoms with van der Waals surface area (Å²) in [6.45, 7) is 1.91. The Morgan fingerprint density at radius 3 is 2.68 bits per heavy atom. The average Bonchev–Trinajstić information content (AvgIpc) is 2.81. The lowest BCUT2D eigenvalue weighted by Crippen LogP contribution is -2.04. The van der Waals surface area contributed by atoms with Crippen molar-refractivity contribution in [3.8, 4) is 17.1 Å². The molecule has 19 heavy (non-hydrogen) atoms. The molecule has 0 spiro atoms. The first-order chi connectivity index (χ1) is 8.91. The molecule has 0 aliphatic rings. The monoisotopic (exact) mass is 272 g/mol. The maximum atomic E-state index is 12.3. The van der Waals surface area contributed by atoms with E-state index in [9.17, 15) is 18.0 Å². The Bertz CT molecular complexity index is 607. The highest BCUT2D eigenvalue weighted by atomic mass is 19.4. The van der Waals surface area contributed by atoms with Crippen LogP contribution in [0.2, 0.25) is 0 Å². The third-order valence-corrected chi connectivity index (χ3v) is 2.29. The predicted octanol–water partition coefficient (Wildman–Crippen LogP) is 2.60. The summed E-state index contributed by atoms with van der Waals surface area (Å²) >= 11 is 0. The maximum Gasteiger partial charge on any atom is 0.471 e. The van der Waals surface area contributed by atoms with Crippen LogP contribution >= 0.6 is 0 Å². The first kappa shape index (κ1) is 13.1. The van der Waals surface area contributed by atoms with Gasteiger partial charge in [0.2, 0.25) is 5.82 Å². The number of nitrogens with zero attached hydrogens (tertiary/aromatic N) is 2. The van der Waals surface area contributed by atoms with Gasteiger partial charge < -0.3 is 9.26 Å². The minimum atomic E-state index is -4.70. The van der Waals surface area contributed by atoms with Crippen LogP contribution in [0.3, 0.4) is 0 Å². The largest absolute Gasteiger partial charge is 0.471 e. The van der Waals surface area contributed by atoms with Crippen molar-refractivity contribution in [3.63, 3.8) is 0 Å². The van der Waals surface area contributed by atoms with Crippen molar-refractivity contribution >= 4 is 6.47 Å². The summed E-state index contributed by atoms with van der Waals surface area (Å²) in [5.74, 6) is -1.45. The van der Waals surface area contributed by atoms with Gasteiger partial charge in [-0.05, 0) is 18.6 Å². The molecule has 1 aromatic carbocycles. The number of ether oxygens (including phenoxy) is 1. The van der Waals surface area contributed by atoms with E-state index in [0.29, 0.717) is 5.56 Å². The molecule has 0 aliphatic heterocycles. The van der Waals surface area contributed by atoms with Crippen LogP contribution in [0.1, 0.15) is 11.5 Å². The smallest absolute Gasteiger partial charge is 0.428 e. The number of alkyl halides is 3. The number of aromatic nitrogens is 2. The van der Waals surface area contributed by atoms with Gasteiger partial charge in [-0.3, -0.25) is 4.79 Å². The van der Waals surface area contributed by atoms with Crippen molar-refractivity contribution in [1.29, 1.82) is 0 Å². The van der Waals surface area contributed by atoms with Gasteiger partial charge in [-0.25, -0.2) is 0 Å². The standard InChI is InChI=1S/C11H7F3N2O3/c1-6-2-3-7(4-8(6)18-5-17)9-15-10(19-16-9)11(12,13)14/h2-5H,1H3. The maximum absolute atomic E-state index is 12.3. The van der Waals surface area contributed by atoms with Gasteiger partial charge in [0.25, 0.3) is 6.47 Å². The van der Waals surface area contributed by atoms with Crippen LogP contribution < -0.4 is 4.74 Å². The Morgan fingerprint density at radius 2 is 2.11 bits per heavy atom. The van der Waals surface area contributed by atoms with Crippen molar-refractivity contribution in [2.24, 2.45) is 0 Å². The minimum absolute atomic E-state index is 0.214. The summed E-state index contributed by atoms with van der Waals surface area (Å²) in [5, 5.41) is 3.23. The molecule has 1 aromatic heterocycles. The van der Waals surface area contributed by atoms with Crippen LogP contribution in [-0.4, -0.2) is 16.6 Å². The second kappa shape index (κ2) is 4.71. The molecule has 2 aromatic rings. The Labute approximate surface area is 105 Å². The highest BCUT2D eigenvalue weighted by molar-refractivity contribution is 5.60. The topological polar surface area (TPSA) is 65.2 Å². The number of carbonyl (C=O) groups excluding carboxylic acids is 1. The molecular formula is C11H7F3N2O3. The fraction of sp³-hybridized carbons (Fsp3) is 0.182. The van der Waals surface area contributed by atoms with E-state index < -0.39 is 12.1 Å². The van der Waals surface area contributed by atoms with Crippen molar-refractivity contribution < 1.29 is 27.2 Å². The quantitative estimate of drug-likeness (QED) is 0.803. The highest BCUT2D eigenvalue weighted by Gasteiger charge is 2.38. The molecule has 100 valence electrons. The molecule has 0 N–H and O–H groups in total. The van der Waals surface area contributed by atoms with Gasteiger partial charge in [-0.1, -0.05) is 17.3 Å². The molecule has 0 fully saturated rings. The van der Waals surface area contributed by atoms with E-state index in [2.05, 4.69) is 19.4 Å². The van der Waals surface area contributed by atoms with Crippen LogP contribution in [0.25, 0.3) is 11.4 Å². The minimum Gasteiger partial charge on any atom is -0.428 e. The van der Waals surface area contributed by atoms with Crippen molar-refractivity contribution in [2.75, 3.05) is 0 Å². The van der Waals surface area contributed by atoms with Crippen molar-refractivity contribution in [2.45, 2.75) is 13.1 Å². The average molecular weight is 272 g/mol. The van der Waals surface area contributed by atoms with Crippen LogP contribution in [0, 0.1) is 6.92 Å². The first-order valence-electron chi connectivity index (χ1n) is 5.04. The fourth-order valence-electron chi connectivity index (χ4n) is 1.37. The Kier molecular flexibility index (Phi) is 3.24. The number of aryl methyl sites for hydroxylation is 1. The zero-order valence-corrected chi connectivity index (χ0v) is 9.56. The molecule has 0 radical (unpaired) electrons. The summed E-state index contributed by atoms with van der Waals surface area (Å²) in [6, 6.07) is 4.42. The SMILES string of the molecule is Cc1ccc(-c2noc(C(F)(F)F)n2)cc1OC=O. The summed E-state index contributed by atoms with van der Waals surface area (Å²) in [5.41, 5.74) is 0.900. The second-order valence-corrected chi connectivity index (χ2v) is 3.62. The molecule has 1 heterocycles. The molecule has 0 atom stereocenters. The summed E-state index contributed by atoms with van der Waals surface area (Å²) in [6.07, 6.45) is -4.70. The van der Waals surface area contributed by atoms with Crippen LogP contribution in [0.5, 0.6) is 5.75 Å². The molecule has 0 saturated heterocycles. The van der Waals surface area contributed by atoms with Crippen molar-refractivity contribution in [1.82, 2.24) is 10.1 Å². The van der Waals surface area contributed by atoms with Crippen LogP contribution in [-0.2, 0) is 11.0 Å². The number of rotatable bonds is 3. The van der Waals surface area contributed by atoms with Gasteiger partial charge in [0.05, 0.1) is 0 Å². The van der Waals surface area contributed by atoms with Gasteiger partial charge in [0.1, 0.15) is 5.75 Å². The number of benzene rings is 1. The molecule has 8 heteroatoms. The van der Waals surface area contributed by atoms with Gasteiger partial charge in [0.15, 0.2) is 0 Å². The first-order valence-corrected chi connectivity index (χ1v) is 5.04.